The highest BCUT2D eigenvalue weighted by atomic mass is 16.7. The fraction of sp³-hybridized carbons (Fsp3) is 0.794. The summed E-state index contributed by atoms with van der Waals surface area (Å²) in [4.78, 5) is 41.3. The lowest BCUT2D eigenvalue weighted by Crippen LogP contribution is -2.63. The van der Waals surface area contributed by atoms with E-state index in [2.05, 4.69) is 13.8 Å². The number of Topliss-reactive ketones (excluding diaryl/α,β-unsaturated/α-hetero) is 1. The number of hydrogen-bond acceptors (Lipinski definition) is 8. The number of fused-ring (bicyclic) bond motifs is 7. The number of carbonyl (C=O) groups excluding carboxylic acids is 3. The second-order valence-corrected chi connectivity index (χ2v) is 14.2. The summed E-state index contributed by atoms with van der Waals surface area (Å²) >= 11 is 0. The molecule has 5 aliphatic carbocycles. The normalized spacial score (nSPS) is 42.9. The molecule has 1 N–H and O–H groups in total. The average Bonchev–Trinajstić information content (AvgIpc) is 3.48. The minimum atomic E-state index is -1.27. The van der Waals surface area contributed by atoms with Crippen molar-refractivity contribution in [3.05, 3.63) is 23.8 Å². The van der Waals surface area contributed by atoms with Crippen molar-refractivity contribution in [1.82, 2.24) is 4.90 Å². The maximum absolute atomic E-state index is 14.4. The summed E-state index contributed by atoms with van der Waals surface area (Å²) in [6.45, 7) is 9.51. The smallest absolute Gasteiger partial charge is 0.320 e. The second kappa shape index (κ2) is 11.2. The van der Waals surface area contributed by atoms with Gasteiger partial charge in [0.2, 0.25) is 5.78 Å². The van der Waals surface area contributed by atoms with Crippen LogP contribution in [0.2, 0.25) is 0 Å². The van der Waals surface area contributed by atoms with Gasteiger partial charge in [0.25, 0.3) is 0 Å². The molecule has 0 aromatic heterocycles. The van der Waals surface area contributed by atoms with Crippen LogP contribution < -0.4 is 0 Å². The van der Waals surface area contributed by atoms with Crippen LogP contribution in [0.15, 0.2) is 23.8 Å². The van der Waals surface area contributed by atoms with Gasteiger partial charge in [-0.05, 0) is 75.6 Å². The SMILES string of the molecule is CCN(CC)CC(=O)OCC(=O)[C@@]12O[C@H](C3CCCCC3)O[C@@H]1C[C@H]1[C@@H]3CCC4=CC(=O)C=C[C@]4(C)[C@H]3[C@@H](O)C[C@@]12C. The number of likely N-dealkylation sites (N-methyl/N-ethyl adjacent to an activating group) is 1. The molecule has 1 heterocycles. The fourth-order valence-corrected chi connectivity index (χ4v) is 10.1. The molecule has 6 aliphatic rings. The Bertz CT molecular complexity index is 1150. The molecule has 9 atom stereocenters. The lowest BCUT2D eigenvalue weighted by atomic mass is 9.46. The van der Waals surface area contributed by atoms with Crippen molar-refractivity contribution in [3.63, 3.8) is 0 Å². The number of allylic oxidation sites excluding steroid dienone is 4. The molecule has 0 radical (unpaired) electrons. The first-order valence-electron chi connectivity index (χ1n) is 16.4. The number of esters is 1. The summed E-state index contributed by atoms with van der Waals surface area (Å²) in [7, 11) is 0. The molecular formula is C34H49NO7. The van der Waals surface area contributed by atoms with Gasteiger partial charge in [-0.25, -0.2) is 0 Å². The molecule has 5 fully saturated rings. The number of hydrogen-bond donors (Lipinski definition) is 1. The molecule has 4 saturated carbocycles. The fourth-order valence-electron chi connectivity index (χ4n) is 10.1. The zero-order chi connectivity index (χ0) is 29.9. The molecule has 6 rings (SSSR count). The summed E-state index contributed by atoms with van der Waals surface area (Å²) in [6, 6.07) is 0. The van der Waals surface area contributed by atoms with Gasteiger partial charge in [-0.15, -0.1) is 0 Å². The average molecular weight is 584 g/mol. The summed E-state index contributed by atoms with van der Waals surface area (Å²) in [5.74, 6) is -0.185. The van der Waals surface area contributed by atoms with E-state index in [0.717, 1.165) is 57.2 Å². The Kier molecular flexibility index (Phi) is 8.08. The molecular weight excluding hydrogens is 534 g/mol. The standard InChI is InChI=1S/C34H49NO7/c1-5-35(6-2)19-29(39)40-20-27(38)34-28(41-31(42-34)21-10-8-7-9-11-21)17-25-24-13-12-22-16-23(36)14-15-32(22,3)30(24)26(37)18-33(25,34)4/h14-16,21,24-26,28,30-31,37H,5-13,17-20H2,1-4H3/t24-,25-,26-,28+,30+,31+,32-,33-,34+/m0/s1. The third-order valence-corrected chi connectivity index (χ3v) is 12.3. The molecule has 1 aliphatic heterocycles. The van der Waals surface area contributed by atoms with Crippen molar-refractivity contribution in [3.8, 4) is 0 Å². The summed E-state index contributed by atoms with van der Waals surface area (Å²) < 4.78 is 19.3. The van der Waals surface area contributed by atoms with Gasteiger partial charge in [0.05, 0.1) is 18.8 Å². The quantitative estimate of drug-likeness (QED) is 0.420. The molecule has 0 unspecified atom stereocenters. The Morgan fingerprint density at radius 2 is 1.86 bits per heavy atom. The number of carbonyl (C=O) groups is 3. The Balaban J connectivity index is 1.31. The molecule has 0 amide bonds. The third-order valence-electron chi connectivity index (χ3n) is 12.3. The highest BCUT2D eigenvalue weighted by Crippen LogP contribution is 2.70. The van der Waals surface area contributed by atoms with Crippen LogP contribution in [0.5, 0.6) is 0 Å². The number of ether oxygens (including phenoxy) is 3. The molecule has 0 bridgehead atoms. The number of nitrogens with zero attached hydrogens (tertiary/aromatic N) is 1. The zero-order valence-corrected chi connectivity index (χ0v) is 25.8. The minimum Gasteiger partial charge on any atom is -0.457 e. The maximum Gasteiger partial charge on any atom is 0.320 e. The van der Waals surface area contributed by atoms with Gasteiger partial charge < -0.3 is 19.3 Å². The lowest BCUT2D eigenvalue weighted by molar-refractivity contribution is -0.210. The monoisotopic (exact) mass is 583 g/mol. The Labute approximate surface area is 250 Å². The third kappa shape index (κ3) is 4.58. The molecule has 8 nitrogen and oxygen atoms in total. The Morgan fingerprint density at radius 1 is 1.12 bits per heavy atom. The number of aliphatic hydroxyl groups is 1. The van der Waals surface area contributed by atoms with Crippen LogP contribution in [0.25, 0.3) is 0 Å². The predicted molar refractivity (Wildman–Crippen MR) is 156 cm³/mol. The second-order valence-electron chi connectivity index (χ2n) is 14.2. The van der Waals surface area contributed by atoms with E-state index in [1.807, 2.05) is 24.8 Å². The van der Waals surface area contributed by atoms with Crippen molar-refractivity contribution in [2.75, 3.05) is 26.2 Å². The highest BCUT2D eigenvalue weighted by molar-refractivity contribution is 6.01. The molecule has 0 spiro atoms. The van der Waals surface area contributed by atoms with E-state index in [0.29, 0.717) is 12.8 Å². The van der Waals surface area contributed by atoms with E-state index in [4.69, 9.17) is 14.2 Å². The molecule has 0 aromatic rings. The largest absolute Gasteiger partial charge is 0.457 e. The van der Waals surface area contributed by atoms with E-state index in [1.165, 1.54) is 6.42 Å². The lowest BCUT2D eigenvalue weighted by Gasteiger charge is -2.59. The van der Waals surface area contributed by atoms with Crippen molar-refractivity contribution in [1.29, 1.82) is 0 Å². The van der Waals surface area contributed by atoms with Gasteiger partial charge in [0, 0.05) is 22.7 Å². The molecule has 8 heteroatoms. The van der Waals surface area contributed by atoms with Crippen LogP contribution in [-0.4, -0.2) is 77.9 Å². The van der Waals surface area contributed by atoms with Gasteiger partial charge in [-0.3, -0.25) is 19.3 Å². The first-order chi connectivity index (χ1) is 20.1. The van der Waals surface area contributed by atoms with Gasteiger partial charge in [0.1, 0.15) is 0 Å². The van der Waals surface area contributed by atoms with Crippen molar-refractivity contribution < 1.29 is 33.7 Å². The minimum absolute atomic E-state index is 0.0158. The number of ketones is 2. The summed E-state index contributed by atoms with van der Waals surface area (Å²) in [5.41, 5.74) is -1.22. The van der Waals surface area contributed by atoms with Crippen LogP contribution in [0.1, 0.15) is 85.5 Å². The van der Waals surface area contributed by atoms with Crippen LogP contribution >= 0.6 is 0 Å². The van der Waals surface area contributed by atoms with Crippen LogP contribution in [0.3, 0.4) is 0 Å². The van der Waals surface area contributed by atoms with E-state index in [1.54, 1.807) is 12.2 Å². The first-order valence-corrected chi connectivity index (χ1v) is 16.4. The number of aliphatic hydroxyl groups excluding tert-OH is 1. The van der Waals surface area contributed by atoms with Crippen LogP contribution in [0.4, 0.5) is 0 Å². The van der Waals surface area contributed by atoms with E-state index < -0.39 is 40.9 Å². The van der Waals surface area contributed by atoms with Gasteiger partial charge >= 0.3 is 5.97 Å². The van der Waals surface area contributed by atoms with E-state index in [-0.39, 0.29) is 48.4 Å². The Hall–Kier alpha value is -1.87. The van der Waals surface area contributed by atoms with Gasteiger partial charge in [0.15, 0.2) is 24.3 Å². The number of rotatable bonds is 8. The van der Waals surface area contributed by atoms with Crippen molar-refractivity contribution in [2.24, 2.45) is 34.5 Å². The molecule has 42 heavy (non-hydrogen) atoms. The predicted octanol–water partition coefficient (Wildman–Crippen LogP) is 4.39. The maximum atomic E-state index is 14.4. The van der Waals surface area contributed by atoms with E-state index in [9.17, 15) is 19.5 Å². The summed E-state index contributed by atoms with van der Waals surface area (Å²) in [6.07, 6.45) is 12.1. The molecule has 1 saturated heterocycles. The van der Waals surface area contributed by atoms with Crippen LogP contribution in [-0.2, 0) is 28.6 Å². The Morgan fingerprint density at radius 3 is 2.57 bits per heavy atom. The zero-order valence-electron chi connectivity index (χ0n) is 25.8. The van der Waals surface area contributed by atoms with Gasteiger partial charge in [-0.2, -0.15) is 0 Å². The highest BCUT2D eigenvalue weighted by Gasteiger charge is 2.76. The topological polar surface area (TPSA) is 102 Å². The van der Waals surface area contributed by atoms with Gasteiger partial charge in [-0.1, -0.05) is 58.6 Å². The van der Waals surface area contributed by atoms with Crippen LogP contribution in [0, 0.1) is 34.5 Å². The van der Waals surface area contributed by atoms with E-state index >= 15 is 0 Å². The van der Waals surface area contributed by atoms with Crippen molar-refractivity contribution in [2.45, 2.75) is 110 Å². The summed E-state index contributed by atoms with van der Waals surface area (Å²) in [5, 5.41) is 11.9. The first kappa shape index (κ1) is 30.2. The molecule has 232 valence electrons. The molecule has 0 aromatic carbocycles. The van der Waals surface area contributed by atoms with Crippen molar-refractivity contribution >= 4 is 17.5 Å².